The number of aromatic nitrogens is 2. The average molecular weight is 404 g/mol. The molecular formula is C24H25FN4O. The van der Waals surface area contributed by atoms with E-state index < -0.39 is 0 Å². The van der Waals surface area contributed by atoms with Gasteiger partial charge in [-0.25, -0.2) is 4.39 Å². The Hall–Kier alpha value is -3.15. The summed E-state index contributed by atoms with van der Waals surface area (Å²) < 4.78 is 14.9. The van der Waals surface area contributed by atoms with E-state index in [4.69, 9.17) is 0 Å². The number of carbonyl (C=O) groups is 1. The predicted octanol–water partition coefficient (Wildman–Crippen LogP) is 4.29. The van der Waals surface area contributed by atoms with Crippen LogP contribution in [0.1, 0.15) is 18.4 Å². The molecule has 30 heavy (non-hydrogen) atoms. The highest BCUT2D eigenvalue weighted by Crippen LogP contribution is 2.42. The summed E-state index contributed by atoms with van der Waals surface area (Å²) >= 11 is 0. The van der Waals surface area contributed by atoms with E-state index in [0.29, 0.717) is 5.56 Å². The van der Waals surface area contributed by atoms with E-state index in [1.54, 1.807) is 12.3 Å². The summed E-state index contributed by atoms with van der Waals surface area (Å²) in [6, 6.07) is 9.39. The number of likely N-dealkylation sites (tertiary alicyclic amines) is 1. The van der Waals surface area contributed by atoms with Crippen LogP contribution in [-0.4, -0.2) is 47.2 Å². The first-order valence-electron chi connectivity index (χ1n) is 10.4. The van der Waals surface area contributed by atoms with Crippen molar-refractivity contribution in [1.29, 1.82) is 0 Å². The molecule has 1 aromatic heterocycles. The zero-order valence-electron chi connectivity index (χ0n) is 17.1. The van der Waals surface area contributed by atoms with Crippen molar-refractivity contribution in [1.82, 2.24) is 15.1 Å². The zero-order chi connectivity index (χ0) is 20.9. The number of carbonyl (C=O) groups excluding carboxylic acids is 1. The molecule has 1 spiro atoms. The number of H-pyrrole nitrogens is 1. The molecule has 2 aromatic carbocycles. The summed E-state index contributed by atoms with van der Waals surface area (Å²) in [6.45, 7) is 9.05. The summed E-state index contributed by atoms with van der Waals surface area (Å²) in [6.07, 6.45) is 5.24. The standard InChI is InChI=1S/C24H25FN4O/c1-3-22(30)29-14-24(15-29)8-10-28(11-9-24)17-5-6-20(25)18(12-17)23-16(2)4-7-21-19(23)13-26-27-21/h3-7,12-13H,1,8-11,14-15H2,2H3,(H,26,27). The number of rotatable bonds is 3. The van der Waals surface area contributed by atoms with Crippen molar-refractivity contribution in [2.24, 2.45) is 5.41 Å². The Bertz CT molecular complexity index is 1140. The fraction of sp³-hybridized carbons (Fsp3) is 0.333. The number of hydrogen-bond donors (Lipinski definition) is 1. The molecule has 154 valence electrons. The molecule has 6 heteroatoms. The van der Waals surface area contributed by atoms with Crippen molar-refractivity contribution >= 4 is 22.5 Å². The number of benzene rings is 2. The van der Waals surface area contributed by atoms with Gasteiger partial charge < -0.3 is 9.80 Å². The second-order valence-electron chi connectivity index (χ2n) is 8.64. The molecule has 5 rings (SSSR count). The summed E-state index contributed by atoms with van der Waals surface area (Å²) in [7, 11) is 0. The molecular weight excluding hydrogens is 379 g/mol. The highest BCUT2D eigenvalue weighted by molar-refractivity contribution is 5.96. The molecule has 2 saturated heterocycles. The number of aromatic amines is 1. The van der Waals surface area contributed by atoms with E-state index in [2.05, 4.69) is 21.7 Å². The van der Waals surface area contributed by atoms with E-state index in [9.17, 15) is 9.18 Å². The highest BCUT2D eigenvalue weighted by atomic mass is 19.1. The largest absolute Gasteiger partial charge is 0.371 e. The molecule has 0 radical (unpaired) electrons. The Morgan fingerprint density at radius 2 is 2.00 bits per heavy atom. The first-order valence-corrected chi connectivity index (χ1v) is 10.4. The number of aryl methyl sites for hydroxylation is 1. The normalized spacial score (nSPS) is 17.9. The first kappa shape index (κ1) is 18.9. The van der Waals surface area contributed by atoms with Crippen LogP contribution >= 0.6 is 0 Å². The maximum Gasteiger partial charge on any atom is 0.245 e. The number of hydrogen-bond acceptors (Lipinski definition) is 3. The van der Waals surface area contributed by atoms with Crippen LogP contribution in [0, 0.1) is 18.2 Å². The average Bonchev–Trinajstić information content (AvgIpc) is 3.21. The lowest BCUT2D eigenvalue weighted by molar-refractivity contribution is -0.139. The maximum absolute atomic E-state index is 14.9. The van der Waals surface area contributed by atoms with Gasteiger partial charge in [0.2, 0.25) is 5.91 Å². The monoisotopic (exact) mass is 404 g/mol. The van der Waals surface area contributed by atoms with E-state index in [1.807, 2.05) is 36.1 Å². The van der Waals surface area contributed by atoms with Gasteiger partial charge in [-0.2, -0.15) is 5.10 Å². The Labute approximate surface area is 175 Å². The van der Waals surface area contributed by atoms with Crippen molar-refractivity contribution in [3.8, 4) is 11.1 Å². The van der Waals surface area contributed by atoms with E-state index in [1.165, 1.54) is 6.08 Å². The number of fused-ring (bicyclic) bond motifs is 1. The molecule has 0 atom stereocenters. The fourth-order valence-electron chi connectivity index (χ4n) is 4.99. The number of piperidine rings is 1. The minimum atomic E-state index is -0.221. The van der Waals surface area contributed by atoms with Crippen molar-refractivity contribution in [2.75, 3.05) is 31.1 Å². The van der Waals surface area contributed by atoms with Gasteiger partial charge in [0.1, 0.15) is 5.82 Å². The molecule has 5 nitrogen and oxygen atoms in total. The Morgan fingerprint density at radius 1 is 1.23 bits per heavy atom. The first-order chi connectivity index (χ1) is 14.5. The third kappa shape index (κ3) is 2.98. The van der Waals surface area contributed by atoms with E-state index in [0.717, 1.165) is 66.7 Å². The molecule has 0 bridgehead atoms. The number of nitrogens with one attached hydrogen (secondary N) is 1. The second-order valence-corrected chi connectivity index (χ2v) is 8.64. The predicted molar refractivity (Wildman–Crippen MR) is 117 cm³/mol. The molecule has 0 unspecified atom stereocenters. The van der Waals surface area contributed by atoms with Gasteiger partial charge in [0, 0.05) is 48.2 Å². The molecule has 0 aliphatic carbocycles. The third-order valence-electron chi connectivity index (χ3n) is 6.78. The molecule has 2 fully saturated rings. The van der Waals surface area contributed by atoms with Gasteiger partial charge in [-0.3, -0.25) is 9.89 Å². The van der Waals surface area contributed by atoms with Gasteiger partial charge in [-0.1, -0.05) is 12.6 Å². The number of nitrogens with zero attached hydrogens (tertiary/aromatic N) is 3. The number of anilines is 1. The summed E-state index contributed by atoms with van der Waals surface area (Å²) in [5.74, 6) is -0.198. The van der Waals surface area contributed by atoms with Gasteiger partial charge >= 0.3 is 0 Å². The van der Waals surface area contributed by atoms with Crippen LogP contribution < -0.4 is 4.90 Å². The van der Waals surface area contributed by atoms with Gasteiger partial charge in [0.05, 0.1) is 11.7 Å². The topological polar surface area (TPSA) is 52.2 Å². The maximum atomic E-state index is 14.9. The Balaban J connectivity index is 1.39. The molecule has 3 aromatic rings. The summed E-state index contributed by atoms with van der Waals surface area (Å²) in [5.41, 5.74) is 4.72. The number of amides is 1. The van der Waals surface area contributed by atoms with Crippen LogP contribution in [-0.2, 0) is 4.79 Å². The third-order valence-corrected chi connectivity index (χ3v) is 6.78. The smallest absolute Gasteiger partial charge is 0.245 e. The zero-order valence-corrected chi connectivity index (χ0v) is 17.1. The lowest BCUT2D eigenvalue weighted by Crippen LogP contribution is -2.61. The molecule has 1 amide bonds. The molecule has 1 N–H and O–H groups in total. The van der Waals surface area contributed by atoms with Gasteiger partial charge in [0.25, 0.3) is 0 Å². The molecule has 0 saturated carbocycles. The quantitative estimate of drug-likeness (QED) is 0.663. The molecule has 2 aliphatic rings. The molecule has 2 aliphatic heterocycles. The molecule has 3 heterocycles. The van der Waals surface area contributed by atoms with Crippen LogP contribution in [0.25, 0.3) is 22.0 Å². The fourth-order valence-corrected chi connectivity index (χ4v) is 4.99. The highest BCUT2D eigenvalue weighted by Gasteiger charge is 2.46. The van der Waals surface area contributed by atoms with E-state index in [-0.39, 0.29) is 17.1 Å². The van der Waals surface area contributed by atoms with E-state index >= 15 is 0 Å². The lowest BCUT2D eigenvalue weighted by Gasteiger charge is -2.54. The van der Waals surface area contributed by atoms with Crippen LogP contribution in [0.3, 0.4) is 0 Å². The Kier molecular flexibility index (Phi) is 4.38. The van der Waals surface area contributed by atoms with Crippen LogP contribution in [0.15, 0.2) is 49.2 Å². The lowest BCUT2D eigenvalue weighted by atomic mass is 9.72. The Morgan fingerprint density at radius 3 is 2.73 bits per heavy atom. The van der Waals surface area contributed by atoms with Crippen molar-refractivity contribution in [3.05, 3.63) is 60.6 Å². The minimum Gasteiger partial charge on any atom is -0.371 e. The van der Waals surface area contributed by atoms with Gasteiger partial charge in [-0.15, -0.1) is 0 Å². The van der Waals surface area contributed by atoms with Crippen LogP contribution in [0.5, 0.6) is 0 Å². The van der Waals surface area contributed by atoms with Crippen LogP contribution in [0.2, 0.25) is 0 Å². The minimum absolute atomic E-state index is 0.0232. The van der Waals surface area contributed by atoms with Crippen LogP contribution in [0.4, 0.5) is 10.1 Å². The SMILES string of the molecule is C=CC(=O)N1CC2(CCN(c3ccc(F)c(-c4c(C)ccc5[nH]ncc45)c3)CC2)C1. The van der Waals surface area contributed by atoms with Crippen molar-refractivity contribution in [2.45, 2.75) is 19.8 Å². The van der Waals surface area contributed by atoms with Crippen molar-refractivity contribution < 1.29 is 9.18 Å². The number of halogens is 1. The second kappa shape index (κ2) is 6.97. The summed E-state index contributed by atoms with van der Waals surface area (Å²) in [4.78, 5) is 16.0. The van der Waals surface area contributed by atoms with Gasteiger partial charge in [-0.05, 0) is 61.2 Å². The van der Waals surface area contributed by atoms with Crippen molar-refractivity contribution in [3.63, 3.8) is 0 Å². The van der Waals surface area contributed by atoms with Gasteiger partial charge in [0.15, 0.2) is 0 Å². The summed E-state index contributed by atoms with van der Waals surface area (Å²) in [5, 5.41) is 8.05.